The Morgan fingerprint density at radius 3 is 2.53 bits per heavy atom. The van der Waals surface area contributed by atoms with Crippen LogP contribution in [0.1, 0.15) is 13.8 Å². The molecule has 17 heavy (non-hydrogen) atoms. The molecular formula is C14H18O2S. The van der Waals surface area contributed by atoms with Crippen molar-refractivity contribution in [1.82, 2.24) is 0 Å². The molecule has 1 rings (SSSR count). The number of thioether (sulfide) groups is 1. The van der Waals surface area contributed by atoms with Crippen molar-refractivity contribution in [3.05, 3.63) is 42.0 Å². The van der Waals surface area contributed by atoms with Crippen molar-refractivity contribution >= 4 is 17.7 Å². The number of hydrogen-bond donors (Lipinski definition) is 0. The number of allylic oxidation sites excluding steroid dienone is 1. The van der Waals surface area contributed by atoms with Crippen molar-refractivity contribution in [2.45, 2.75) is 18.7 Å². The molecular weight excluding hydrogens is 232 g/mol. The van der Waals surface area contributed by atoms with Gasteiger partial charge in [0.05, 0.1) is 7.11 Å². The van der Waals surface area contributed by atoms with Gasteiger partial charge in [-0.25, -0.2) is 4.79 Å². The molecule has 0 saturated heterocycles. The first-order chi connectivity index (χ1) is 8.13. The van der Waals surface area contributed by atoms with Gasteiger partial charge in [-0.15, -0.1) is 11.8 Å². The van der Waals surface area contributed by atoms with Crippen molar-refractivity contribution < 1.29 is 9.53 Å². The summed E-state index contributed by atoms with van der Waals surface area (Å²) in [6.07, 6.45) is 1.96. The highest BCUT2D eigenvalue weighted by Crippen LogP contribution is 2.21. The van der Waals surface area contributed by atoms with Crippen molar-refractivity contribution in [3.8, 4) is 0 Å². The number of methoxy groups -OCH3 is 1. The molecule has 0 amide bonds. The Morgan fingerprint density at radius 2 is 2.00 bits per heavy atom. The minimum absolute atomic E-state index is 0.234. The maximum absolute atomic E-state index is 11.6. The molecule has 0 atom stereocenters. The van der Waals surface area contributed by atoms with Crippen molar-refractivity contribution in [3.63, 3.8) is 0 Å². The third-order valence-corrected chi connectivity index (χ3v) is 3.18. The molecule has 2 nitrogen and oxygen atoms in total. The summed E-state index contributed by atoms with van der Waals surface area (Å²) in [7, 11) is 1.42. The summed E-state index contributed by atoms with van der Waals surface area (Å²) < 4.78 is 4.78. The van der Waals surface area contributed by atoms with Gasteiger partial charge in [0, 0.05) is 16.2 Å². The highest BCUT2D eigenvalue weighted by atomic mass is 32.2. The lowest BCUT2D eigenvalue weighted by Gasteiger charge is -2.07. The molecule has 3 heteroatoms. The smallest absolute Gasteiger partial charge is 0.334 e. The lowest BCUT2D eigenvalue weighted by Crippen LogP contribution is -2.08. The van der Waals surface area contributed by atoms with E-state index in [0.717, 1.165) is 10.5 Å². The zero-order chi connectivity index (χ0) is 12.7. The zero-order valence-corrected chi connectivity index (χ0v) is 11.3. The second-order valence-corrected chi connectivity index (χ2v) is 5.08. The number of carbonyl (C=O) groups excluding carboxylic acids is 1. The Hall–Kier alpha value is -1.22. The van der Waals surface area contributed by atoms with Crippen LogP contribution in [0.2, 0.25) is 0 Å². The van der Waals surface area contributed by atoms with Crippen molar-refractivity contribution in [2.75, 3.05) is 12.9 Å². The molecule has 0 N–H and O–H groups in total. The number of rotatable bonds is 5. The fraction of sp³-hybridized carbons (Fsp3) is 0.357. The van der Waals surface area contributed by atoms with E-state index < -0.39 is 0 Å². The molecule has 0 spiro atoms. The zero-order valence-electron chi connectivity index (χ0n) is 10.5. The molecule has 0 aliphatic carbocycles. The van der Waals surface area contributed by atoms with E-state index in [1.807, 2.05) is 36.4 Å². The van der Waals surface area contributed by atoms with Crippen LogP contribution in [0.15, 0.2) is 46.9 Å². The summed E-state index contributed by atoms with van der Waals surface area (Å²) in [5, 5.41) is 0. The average Bonchev–Trinajstić information content (AvgIpc) is 2.34. The molecule has 0 saturated carbocycles. The van der Waals surface area contributed by atoms with E-state index in [0.29, 0.717) is 11.7 Å². The Balaban J connectivity index is 2.65. The first-order valence-corrected chi connectivity index (χ1v) is 6.59. The quantitative estimate of drug-likeness (QED) is 0.454. The van der Waals surface area contributed by atoms with Gasteiger partial charge < -0.3 is 4.74 Å². The summed E-state index contributed by atoms with van der Waals surface area (Å²) in [6.45, 7) is 4.10. The highest BCUT2D eigenvalue weighted by Gasteiger charge is 2.10. The van der Waals surface area contributed by atoms with Gasteiger partial charge in [-0.1, -0.05) is 38.1 Å². The van der Waals surface area contributed by atoms with Crippen molar-refractivity contribution in [2.24, 2.45) is 5.92 Å². The van der Waals surface area contributed by atoms with E-state index in [-0.39, 0.29) is 5.97 Å². The second-order valence-electron chi connectivity index (χ2n) is 4.03. The molecule has 0 aromatic heterocycles. The van der Waals surface area contributed by atoms with E-state index >= 15 is 0 Å². The lowest BCUT2D eigenvalue weighted by atomic mass is 10.1. The molecule has 0 bridgehead atoms. The summed E-state index contributed by atoms with van der Waals surface area (Å²) >= 11 is 1.65. The number of hydrogen-bond acceptors (Lipinski definition) is 3. The van der Waals surface area contributed by atoms with Gasteiger partial charge in [0.1, 0.15) is 0 Å². The van der Waals surface area contributed by atoms with Crippen LogP contribution in [-0.4, -0.2) is 18.8 Å². The molecule has 0 heterocycles. The minimum atomic E-state index is -0.234. The molecule has 0 aliphatic rings. The first kappa shape index (κ1) is 13.8. The van der Waals surface area contributed by atoms with Gasteiger partial charge in [0.15, 0.2) is 0 Å². The van der Waals surface area contributed by atoms with Crippen LogP contribution in [0, 0.1) is 5.92 Å². The molecule has 1 aromatic carbocycles. The van der Waals surface area contributed by atoms with Crippen LogP contribution >= 0.6 is 11.8 Å². The van der Waals surface area contributed by atoms with Gasteiger partial charge in [0.2, 0.25) is 0 Å². The van der Waals surface area contributed by atoms with Gasteiger partial charge in [-0.3, -0.25) is 0 Å². The highest BCUT2D eigenvalue weighted by molar-refractivity contribution is 7.99. The molecule has 0 radical (unpaired) electrons. The predicted octanol–water partition coefficient (Wildman–Crippen LogP) is 3.53. The van der Waals surface area contributed by atoms with Crippen LogP contribution in [0.4, 0.5) is 0 Å². The van der Waals surface area contributed by atoms with Gasteiger partial charge in [-0.2, -0.15) is 0 Å². The third-order valence-electron chi connectivity index (χ3n) is 2.12. The SMILES string of the molecule is COC(=O)/C(=C\C(C)C)CSc1ccccc1. The topological polar surface area (TPSA) is 26.3 Å². The molecule has 0 fully saturated rings. The lowest BCUT2D eigenvalue weighted by molar-refractivity contribution is -0.136. The summed E-state index contributed by atoms with van der Waals surface area (Å²) in [5.74, 6) is 0.761. The summed E-state index contributed by atoms with van der Waals surface area (Å²) in [4.78, 5) is 12.7. The number of benzene rings is 1. The fourth-order valence-corrected chi connectivity index (χ4v) is 2.27. The number of esters is 1. The van der Waals surface area contributed by atoms with Crippen LogP contribution in [-0.2, 0) is 9.53 Å². The number of carbonyl (C=O) groups is 1. The Kier molecular flexibility index (Phi) is 5.84. The minimum Gasteiger partial charge on any atom is -0.466 e. The van der Waals surface area contributed by atoms with E-state index in [1.54, 1.807) is 11.8 Å². The monoisotopic (exact) mass is 250 g/mol. The van der Waals surface area contributed by atoms with E-state index in [9.17, 15) is 4.79 Å². The number of ether oxygens (including phenoxy) is 1. The second kappa shape index (κ2) is 7.17. The normalized spacial score (nSPS) is 11.6. The van der Waals surface area contributed by atoms with Gasteiger partial charge in [0.25, 0.3) is 0 Å². The molecule has 1 aromatic rings. The fourth-order valence-electron chi connectivity index (χ4n) is 1.39. The summed E-state index contributed by atoms with van der Waals surface area (Å²) in [6, 6.07) is 10.0. The largest absolute Gasteiger partial charge is 0.466 e. The van der Waals surface area contributed by atoms with E-state index in [4.69, 9.17) is 4.74 Å². The Bertz CT molecular complexity index is 382. The van der Waals surface area contributed by atoms with Crippen LogP contribution in [0.5, 0.6) is 0 Å². The van der Waals surface area contributed by atoms with Crippen LogP contribution in [0.3, 0.4) is 0 Å². The average molecular weight is 250 g/mol. The predicted molar refractivity (Wildman–Crippen MR) is 72.1 cm³/mol. The first-order valence-electron chi connectivity index (χ1n) is 5.60. The third kappa shape index (κ3) is 5.09. The van der Waals surface area contributed by atoms with Crippen molar-refractivity contribution in [1.29, 1.82) is 0 Å². The van der Waals surface area contributed by atoms with Crippen LogP contribution < -0.4 is 0 Å². The standard InChI is InChI=1S/C14H18O2S/c1-11(2)9-12(14(15)16-3)10-17-13-7-5-4-6-8-13/h4-9,11H,10H2,1-3H3/b12-9-. The molecule has 0 unspecified atom stereocenters. The van der Waals surface area contributed by atoms with E-state index in [2.05, 4.69) is 13.8 Å². The Morgan fingerprint density at radius 1 is 1.35 bits per heavy atom. The Labute approximate surface area is 107 Å². The van der Waals surface area contributed by atoms with E-state index in [1.165, 1.54) is 7.11 Å². The molecule has 92 valence electrons. The van der Waals surface area contributed by atoms with Gasteiger partial charge >= 0.3 is 5.97 Å². The van der Waals surface area contributed by atoms with Crippen LogP contribution in [0.25, 0.3) is 0 Å². The maximum atomic E-state index is 11.6. The van der Waals surface area contributed by atoms with Gasteiger partial charge in [-0.05, 0) is 18.1 Å². The summed E-state index contributed by atoms with van der Waals surface area (Å²) in [5.41, 5.74) is 0.733. The maximum Gasteiger partial charge on any atom is 0.334 e. The molecule has 0 aliphatic heterocycles.